The van der Waals surface area contributed by atoms with Crippen molar-refractivity contribution in [1.82, 2.24) is 10.2 Å². The summed E-state index contributed by atoms with van der Waals surface area (Å²) in [5.41, 5.74) is 1.11. The summed E-state index contributed by atoms with van der Waals surface area (Å²) in [6.45, 7) is 1.90. The van der Waals surface area contributed by atoms with Gasteiger partial charge in [-0.05, 0) is 24.3 Å². The Bertz CT molecular complexity index is 503. The molecule has 2 heterocycles. The van der Waals surface area contributed by atoms with E-state index in [1.165, 1.54) is 0 Å². The summed E-state index contributed by atoms with van der Waals surface area (Å²) < 4.78 is 7.27. The van der Waals surface area contributed by atoms with Crippen molar-refractivity contribution in [3.8, 4) is 17.1 Å². The Labute approximate surface area is 93.1 Å². The first-order valence-corrected chi connectivity index (χ1v) is 5.25. The van der Waals surface area contributed by atoms with Gasteiger partial charge >= 0.3 is 5.95 Å². The molecule has 5 heteroatoms. The molecule has 0 fully saturated rings. The number of methoxy groups -OCH3 is 1. The second-order valence-corrected chi connectivity index (χ2v) is 3.70. The Morgan fingerprint density at radius 3 is 2.88 bits per heavy atom. The summed E-state index contributed by atoms with van der Waals surface area (Å²) in [7, 11) is 1.67. The quantitative estimate of drug-likeness (QED) is 0.731. The summed E-state index contributed by atoms with van der Waals surface area (Å²) >= 11 is 0. The molecule has 1 aliphatic rings. The minimum atomic E-state index is 0.864. The van der Waals surface area contributed by atoms with Crippen molar-refractivity contribution in [3.05, 3.63) is 24.3 Å². The number of anilines is 1. The molecule has 0 bridgehead atoms. The summed E-state index contributed by atoms with van der Waals surface area (Å²) in [6.07, 6.45) is 0. The normalized spacial score (nSPS) is 13.3. The van der Waals surface area contributed by atoms with Crippen molar-refractivity contribution in [3.63, 3.8) is 0 Å². The lowest BCUT2D eigenvalue weighted by molar-refractivity contribution is -0.659. The molecule has 1 aliphatic heterocycles. The maximum Gasteiger partial charge on any atom is 0.378 e. The smallest absolute Gasteiger partial charge is 0.378 e. The van der Waals surface area contributed by atoms with Crippen molar-refractivity contribution >= 4 is 5.95 Å². The van der Waals surface area contributed by atoms with Crippen molar-refractivity contribution < 1.29 is 9.30 Å². The molecule has 0 atom stereocenters. The number of nitrogens with one attached hydrogen (secondary N) is 2. The number of hydrogen-bond donors (Lipinski definition) is 2. The number of rotatable bonds is 2. The van der Waals surface area contributed by atoms with Crippen LogP contribution in [0.3, 0.4) is 0 Å². The third-order valence-corrected chi connectivity index (χ3v) is 2.78. The van der Waals surface area contributed by atoms with Gasteiger partial charge < -0.3 is 4.74 Å². The first kappa shape index (κ1) is 9.21. The van der Waals surface area contributed by atoms with Crippen LogP contribution in [0.2, 0.25) is 0 Å². The molecular formula is C11H13N4O+. The van der Waals surface area contributed by atoms with Gasteiger partial charge in [0.15, 0.2) is 0 Å². The fourth-order valence-electron chi connectivity index (χ4n) is 1.93. The Balaban J connectivity index is 2.01. The van der Waals surface area contributed by atoms with E-state index in [1.54, 1.807) is 7.11 Å². The van der Waals surface area contributed by atoms with Crippen LogP contribution in [0, 0.1) is 0 Å². The third-order valence-electron chi connectivity index (χ3n) is 2.78. The zero-order chi connectivity index (χ0) is 11.0. The van der Waals surface area contributed by atoms with E-state index < -0.39 is 0 Å². The fourth-order valence-corrected chi connectivity index (χ4v) is 1.93. The van der Waals surface area contributed by atoms with Gasteiger partial charge in [-0.3, -0.25) is 5.32 Å². The molecule has 2 aromatic rings. The molecule has 0 saturated heterocycles. The molecule has 0 radical (unpaired) electrons. The zero-order valence-electron chi connectivity index (χ0n) is 9.03. The zero-order valence-corrected chi connectivity index (χ0v) is 9.03. The molecule has 0 aliphatic carbocycles. The number of hydrogen-bond acceptors (Lipinski definition) is 3. The Morgan fingerprint density at radius 1 is 1.31 bits per heavy atom. The van der Waals surface area contributed by atoms with E-state index >= 15 is 0 Å². The van der Waals surface area contributed by atoms with E-state index in [2.05, 4.69) is 20.1 Å². The molecule has 1 aromatic heterocycles. The SMILES string of the molecule is COc1ccc(-c2[nH]nc3[n+]2CCN3)cc1. The number of aromatic nitrogens is 3. The number of nitrogens with zero attached hydrogens (tertiary/aromatic N) is 2. The van der Waals surface area contributed by atoms with E-state index in [-0.39, 0.29) is 0 Å². The van der Waals surface area contributed by atoms with Gasteiger partial charge in [0.1, 0.15) is 5.75 Å². The molecule has 16 heavy (non-hydrogen) atoms. The summed E-state index contributed by atoms with van der Waals surface area (Å²) in [5, 5.41) is 10.5. The average Bonchev–Trinajstić information content (AvgIpc) is 2.91. The van der Waals surface area contributed by atoms with Crippen LogP contribution in [-0.2, 0) is 6.54 Å². The van der Waals surface area contributed by atoms with Gasteiger partial charge in [-0.15, -0.1) is 0 Å². The highest BCUT2D eigenvalue weighted by Crippen LogP contribution is 2.19. The van der Waals surface area contributed by atoms with Crippen LogP contribution in [0.5, 0.6) is 5.75 Å². The van der Waals surface area contributed by atoms with E-state index in [0.717, 1.165) is 36.2 Å². The monoisotopic (exact) mass is 217 g/mol. The molecular weight excluding hydrogens is 204 g/mol. The van der Waals surface area contributed by atoms with Gasteiger partial charge in [0, 0.05) is 10.7 Å². The lowest BCUT2D eigenvalue weighted by Gasteiger charge is -2.00. The molecule has 0 amide bonds. The molecule has 3 rings (SSSR count). The highest BCUT2D eigenvalue weighted by Gasteiger charge is 2.24. The molecule has 0 spiro atoms. The number of fused-ring (bicyclic) bond motifs is 1. The van der Waals surface area contributed by atoms with Gasteiger partial charge in [-0.25, -0.2) is 4.57 Å². The highest BCUT2D eigenvalue weighted by molar-refractivity contribution is 5.54. The maximum atomic E-state index is 5.13. The van der Waals surface area contributed by atoms with Crippen LogP contribution < -0.4 is 14.6 Å². The van der Waals surface area contributed by atoms with Crippen molar-refractivity contribution in [1.29, 1.82) is 0 Å². The first-order chi connectivity index (χ1) is 7.88. The predicted octanol–water partition coefficient (Wildman–Crippen LogP) is 0.798. The Hall–Kier alpha value is -2.04. The molecule has 82 valence electrons. The van der Waals surface area contributed by atoms with E-state index in [9.17, 15) is 0 Å². The van der Waals surface area contributed by atoms with Gasteiger partial charge in [0.2, 0.25) is 5.82 Å². The van der Waals surface area contributed by atoms with Crippen LogP contribution in [0.15, 0.2) is 24.3 Å². The van der Waals surface area contributed by atoms with Gasteiger partial charge in [0.25, 0.3) is 0 Å². The molecule has 1 aromatic carbocycles. The second kappa shape index (κ2) is 3.52. The van der Waals surface area contributed by atoms with Crippen molar-refractivity contribution in [2.45, 2.75) is 6.54 Å². The van der Waals surface area contributed by atoms with Gasteiger partial charge in [-0.2, -0.15) is 5.10 Å². The van der Waals surface area contributed by atoms with E-state index in [4.69, 9.17) is 4.74 Å². The van der Waals surface area contributed by atoms with Gasteiger partial charge in [-0.1, -0.05) is 0 Å². The van der Waals surface area contributed by atoms with E-state index in [1.807, 2.05) is 24.3 Å². The van der Waals surface area contributed by atoms with Crippen LogP contribution in [-0.4, -0.2) is 23.9 Å². The standard InChI is InChI=1S/C11H12N4O/c1-16-9-4-2-8(3-5-9)10-13-14-11-12-6-7-15(10)11/h2-5H,6-7H2,1H3,(H,12,14)/p+1. The maximum absolute atomic E-state index is 5.13. The lowest BCUT2D eigenvalue weighted by Crippen LogP contribution is -2.31. The molecule has 0 saturated carbocycles. The minimum absolute atomic E-state index is 0.864. The number of ether oxygens (including phenoxy) is 1. The number of H-pyrrole nitrogens is 1. The van der Waals surface area contributed by atoms with Gasteiger partial charge in [0.05, 0.1) is 20.2 Å². The molecule has 5 nitrogen and oxygen atoms in total. The summed E-state index contributed by atoms with van der Waals surface area (Å²) in [4.78, 5) is 0. The average molecular weight is 217 g/mol. The van der Waals surface area contributed by atoms with Crippen LogP contribution in [0.1, 0.15) is 0 Å². The third kappa shape index (κ3) is 1.32. The number of benzene rings is 1. The molecule has 2 N–H and O–H groups in total. The topological polar surface area (TPSA) is 53.8 Å². The fraction of sp³-hybridized carbons (Fsp3) is 0.273. The first-order valence-electron chi connectivity index (χ1n) is 5.25. The highest BCUT2D eigenvalue weighted by atomic mass is 16.5. The minimum Gasteiger partial charge on any atom is -0.497 e. The van der Waals surface area contributed by atoms with Crippen molar-refractivity contribution in [2.24, 2.45) is 0 Å². The second-order valence-electron chi connectivity index (χ2n) is 3.70. The van der Waals surface area contributed by atoms with Crippen LogP contribution in [0.4, 0.5) is 5.95 Å². The molecule has 0 unspecified atom stereocenters. The summed E-state index contributed by atoms with van der Waals surface area (Å²) in [6, 6.07) is 7.95. The largest absolute Gasteiger partial charge is 0.497 e. The Kier molecular flexibility index (Phi) is 2.02. The summed E-state index contributed by atoms with van der Waals surface area (Å²) in [5.74, 6) is 2.80. The van der Waals surface area contributed by atoms with E-state index in [0.29, 0.717) is 0 Å². The Morgan fingerprint density at radius 2 is 2.12 bits per heavy atom. The van der Waals surface area contributed by atoms with Crippen molar-refractivity contribution in [2.75, 3.05) is 19.0 Å². The predicted molar refractivity (Wildman–Crippen MR) is 59.3 cm³/mol. The van der Waals surface area contributed by atoms with Crippen LogP contribution >= 0.6 is 0 Å². The van der Waals surface area contributed by atoms with Crippen LogP contribution in [0.25, 0.3) is 11.4 Å². The number of aromatic amines is 1. The lowest BCUT2D eigenvalue weighted by atomic mass is 10.2.